The van der Waals surface area contributed by atoms with Gasteiger partial charge in [-0.2, -0.15) is 0 Å². The first kappa shape index (κ1) is 17.4. The number of benzene rings is 1. The van der Waals surface area contributed by atoms with Gasteiger partial charge in [0.1, 0.15) is 11.6 Å². The molecule has 0 aliphatic carbocycles. The zero-order valence-electron chi connectivity index (χ0n) is 14.4. The van der Waals surface area contributed by atoms with E-state index in [1.54, 1.807) is 0 Å². The monoisotopic (exact) mass is 345 g/mol. The molecule has 2 aliphatic heterocycles. The molecule has 0 bridgehead atoms. The molecule has 2 aliphatic rings. The Balaban J connectivity index is 1.90. The highest BCUT2D eigenvalue weighted by atomic mass is 19.1. The summed E-state index contributed by atoms with van der Waals surface area (Å²) in [5.41, 5.74) is 7.28. The van der Waals surface area contributed by atoms with Crippen LogP contribution in [-0.4, -0.2) is 36.7 Å². The summed E-state index contributed by atoms with van der Waals surface area (Å²) in [4.78, 5) is 14.0. The first-order valence-corrected chi connectivity index (χ1v) is 8.67. The Kier molecular flexibility index (Phi) is 5.03. The molecule has 1 amide bonds. The number of nitrogens with two attached hydrogens (primary N) is 1. The third-order valence-electron chi connectivity index (χ3n) is 5.03. The summed E-state index contributed by atoms with van der Waals surface area (Å²) in [6.07, 6.45) is 4.41. The van der Waals surface area contributed by atoms with E-state index in [0.717, 1.165) is 50.5 Å². The lowest BCUT2D eigenvalue weighted by Crippen LogP contribution is -2.24. The summed E-state index contributed by atoms with van der Waals surface area (Å²) in [7, 11) is 0. The number of fused-ring (bicyclic) bond motifs is 1. The number of hydrogen-bond acceptors (Lipinski definition) is 5. The Morgan fingerprint density at radius 2 is 2.20 bits per heavy atom. The van der Waals surface area contributed by atoms with Crippen LogP contribution in [-0.2, 0) is 0 Å². The number of nitrogens with one attached hydrogen (secondary N) is 3. The van der Waals surface area contributed by atoms with Crippen molar-refractivity contribution in [3.63, 3.8) is 0 Å². The number of carbonyl (C=O) groups excluding carboxylic acids is 1. The molecule has 3 rings (SSSR count). The molecule has 134 valence electrons. The van der Waals surface area contributed by atoms with Crippen LogP contribution < -0.4 is 16.4 Å². The zero-order valence-corrected chi connectivity index (χ0v) is 14.4. The van der Waals surface area contributed by atoms with E-state index in [2.05, 4.69) is 22.5 Å². The Labute approximate surface area is 146 Å². The summed E-state index contributed by atoms with van der Waals surface area (Å²) < 4.78 is 13.7. The summed E-state index contributed by atoms with van der Waals surface area (Å²) in [6, 6.07) is 2.46. The van der Waals surface area contributed by atoms with Crippen LogP contribution in [0.4, 0.5) is 15.8 Å². The van der Waals surface area contributed by atoms with E-state index < -0.39 is 11.7 Å². The number of allylic oxidation sites excluding steroid dienone is 1. The fourth-order valence-electron chi connectivity index (χ4n) is 3.65. The lowest BCUT2D eigenvalue weighted by Gasteiger charge is -2.19. The quantitative estimate of drug-likeness (QED) is 0.631. The molecular formula is C18H24FN5O. The van der Waals surface area contributed by atoms with Crippen LogP contribution in [0.3, 0.4) is 0 Å². The number of likely N-dealkylation sites (tertiary alicyclic amines) is 1. The van der Waals surface area contributed by atoms with Gasteiger partial charge in [0.05, 0.1) is 16.9 Å². The van der Waals surface area contributed by atoms with Gasteiger partial charge in [0.25, 0.3) is 5.91 Å². The normalized spacial score (nSPS) is 22.4. The third kappa shape index (κ3) is 3.51. The number of primary amides is 1. The molecule has 5 N–H and O–H groups in total. The molecule has 1 unspecified atom stereocenters. The van der Waals surface area contributed by atoms with Gasteiger partial charge < -0.3 is 26.7 Å². The molecule has 0 radical (unpaired) electrons. The number of carbonyl (C=O) groups is 1. The van der Waals surface area contributed by atoms with Crippen molar-refractivity contribution in [2.45, 2.75) is 26.2 Å². The minimum atomic E-state index is -0.684. The molecule has 1 aromatic rings. The van der Waals surface area contributed by atoms with Crippen molar-refractivity contribution in [2.24, 2.45) is 11.7 Å². The van der Waals surface area contributed by atoms with E-state index >= 15 is 0 Å². The van der Waals surface area contributed by atoms with E-state index in [-0.39, 0.29) is 11.5 Å². The molecule has 1 fully saturated rings. The van der Waals surface area contributed by atoms with Gasteiger partial charge >= 0.3 is 0 Å². The van der Waals surface area contributed by atoms with Crippen LogP contribution in [0.2, 0.25) is 0 Å². The molecule has 0 saturated carbocycles. The number of nitrogens with zero attached hydrogens (tertiary/aromatic N) is 1. The molecular weight excluding hydrogens is 321 g/mol. The van der Waals surface area contributed by atoms with Gasteiger partial charge in [0, 0.05) is 11.8 Å². The predicted molar refractivity (Wildman–Crippen MR) is 97.4 cm³/mol. The number of hydrogen-bond donors (Lipinski definition) is 4. The summed E-state index contributed by atoms with van der Waals surface area (Å²) >= 11 is 0. The predicted octanol–water partition coefficient (Wildman–Crippen LogP) is 2.75. The molecule has 1 atom stereocenters. The Bertz CT molecular complexity index is 730. The number of amides is 1. The van der Waals surface area contributed by atoms with Crippen molar-refractivity contribution in [1.29, 1.82) is 5.41 Å². The van der Waals surface area contributed by atoms with Gasteiger partial charge in [-0.1, -0.05) is 6.92 Å². The topological polar surface area (TPSA) is 94.2 Å². The fourth-order valence-corrected chi connectivity index (χ4v) is 3.65. The van der Waals surface area contributed by atoms with Crippen LogP contribution in [0, 0.1) is 17.1 Å². The van der Waals surface area contributed by atoms with Crippen molar-refractivity contribution in [3.8, 4) is 0 Å². The van der Waals surface area contributed by atoms with Gasteiger partial charge in [0.2, 0.25) is 0 Å². The standard InChI is InChI=1S/C18H24FN5O/c1-2-24-6-3-4-11(5-7-24)14(10-20)18-22-15-9-12(19)8-13(17(21)25)16(15)23-18/h8-11,20,22-23H,2-7H2,1H3,(H2,21,25)/b18-14+,20-10?. The average Bonchev–Trinajstić information content (AvgIpc) is 2.85. The second-order valence-corrected chi connectivity index (χ2v) is 6.53. The van der Waals surface area contributed by atoms with E-state index in [1.807, 2.05) is 0 Å². The number of halogens is 1. The molecule has 6 nitrogen and oxygen atoms in total. The largest absolute Gasteiger partial charge is 0.366 e. The molecule has 2 heterocycles. The van der Waals surface area contributed by atoms with Crippen LogP contribution in [0.5, 0.6) is 0 Å². The third-order valence-corrected chi connectivity index (χ3v) is 5.03. The summed E-state index contributed by atoms with van der Waals surface area (Å²) in [5.74, 6) is -0.309. The van der Waals surface area contributed by atoms with E-state index in [9.17, 15) is 9.18 Å². The van der Waals surface area contributed by atoms with E-state index in [1.165, 1.54) is 12.3 Å². The SMILES string of the molecule is CCN1CCCC(/C(C=N)=C2\Nc3cc(F)cc(C(N)=O)c3N2)CC1. The van der Waals surface area contributed by atoms with Crippen LogP contribution >= 0.6 is 0 Å². The summed E-state index contributed by atoms with van der Waals surface area (Å²) in [6.45, 7) is 5.27. The van der Waals surface area contributed by atoms with E-state index in [4.69, 9.17) is 11.1 Å². The maximum absolute atomic E-state index is 13.7. The second-order valence-electron chi connectivity index (χ2n) is 6.53. The van der Waals surface area contributed by atoms with Crippen molar-refractivity contribution in [3.05, 3.63) is 34.9 Å². The van der Waals surface area contributed by atoms with Crippen molar-refractivity contribution < 1.29 is 9.18 Å². The lowest BCUT2D eigenvalue weighted by molar-refractivity contribution is 0.100. The van der Waals surface area contributed by atoms with Crippen molar-refractivity contribution in [1.82, 2.24) is 4.90 Å². The van der Waals surface area contributed by atoms with Gasteiger partial charge in [-0.05, 0) is 56.9 Å². The zero-order chi connectivity index (χ0) is 18.0. The second kappa shape index (κ2) is 7.23. The molecule has 0 spiro atoms. The molecule has 25 heavy (non-hydrogen) atoms. The molecule has 1 aromatic carbocycles. The van der Waals surface area contributed by atoms with Gasteiger partial charge in [0.15, 0.2) is 0 Å². The van der Waals surface area contributed by atoms with Gasteiger partial charge in [-0.3, -0.25) is 4.79 Å². The first-order valence-electron chi connectivity index (χ1n) is 8.67. The average molecular weight is 345 g/mol. The highest BCUT2D eigenvalue weighted by Crippen LogP contribution is 2.37. The smallest absolute Gasteiger partial charge is 0.250 e. The van der Waals surface area contributed by atoms with Crippen molar-refractivity contribution in [2.75, 3.05) is 30.3 Å². The van der Waals surface area contributed by atoms with Crippen molar-refractivity contribution >= 4 is 23.5 Å². The minimum Gasteiger partial charge on any atom is -0.366 e. The highest BCUT2D eigenvalue weighted by molar-refractivity contribution is 6.04. The lowest BCUT2D eigenvalue weighted by atomic mass is 9.92. The summed E-state index contributed by atoms with van der Waals surface area (Å²) in [5, 5.41) is 14.1. The fraction of sp³-hybridized carbons (Fsp3) is 0.444. The molecule has 0 aromatic heterocycles. The van der Waals surface area contributed by atoms with Crippen LogP contribution in [0.15, 0.2) is 23.5 Å². The number of rotatable bonds is 4. The Morgan fingerprint density at radius 1 is 1.40 bits per heavy atom. The maximum Gasteiger partial charge on any atom is 0.250 e. The van der Waals surface area contributed by atoms with Gasteiger partial charge in [-0.25, -0.2) is 4.39 Å². The van der Waals surface area contributed by atoms with E-state index in [0.29, 0.717) is 17.2 Å². The van der Waals surface area contributed by atoms with Crippen LogP contribution in [0.1, 0.15) is 36.5 Å². The molecule has 7 heteroatoms. The Morgan fingerprint density at radius 3 is 2.88 bits per heavy atom. The maximum atomic E-state index is 13.7. The molecule has 1 saturated heterocycles. The highest BCUT2D eigenvalue weighted by Gasteiger charge is 2.27. The number of anilines is 2. The first-order chi connectivity index (χ1) is 12.0. The van der Waals surface area contributed by atoms with Gasteiger partial charge in [-0.15, -0.1) is 0 Å². The minimum absolute atomic E-state index is 0.111. The Hall–Kier alpha value is -2.41. The van der Waals surface area contributed by atoms with Crippen LogP contribution in [0.25, 0.3) is 0 Å².